The molecule has 1 saturated heterocycles. The molecule has 1 aromatic carbocycles. The van der Waals surface area contributed by atoms with E-state index < -0.39 is 0 Å². The predicted octanol–water partition coefficient (Wildman–Crippen LogP) is 6.93. The Labute approximate surface area is 185 Å². The van der Waals surface area contributed by atoms with Gasteiger partial charge in [-0.1, -0.05) is 84.4 Å². The van der Waals surface area contributed by atoms with Gasteiger partial charge in [-0.25, -0.2) is 0 Å². The van der Waals surface area contributed by atoms with Crippen LogP contribution in [0.4, 0.5) is 0 Å². The van der Waals surface area contributed by atoms with Crippen LogP contribution in [0.5, 0.6) is 0 Å². The molecule has 1 aliphatic heterocycles. The molecule has 1 aromatic rings. The Kier molecular flexibility index (Phi) is 7.50. The van der Waals surface area contributed by atoms with Crippen LogP contribution >= 0.6 is 0 Å². The first kappa shape index (κ1) is 23.1. The van der Waals surface area contributed by atoms with E-state index in [1.807, 2.05) is 0 Å². The number of nitrogens with zero attached hydrogens (tertiary/aromatic N) is 1. The van der Waals surface area contributed by atoms with Gasteiger partial charge in [-0.2, -0.15) is 0 Å². The van der Waals surface area contributed by atoms with Crippen molar-refractivity contribution in [3.05, 3.63) is 53.7 Å². The molecule has 0 amide bonds. The van der Waals surface area contributed by atoms with E-state index in [9.17, 15) is 0 Å². The third kappa shape index (κ3) is 5.38. The largest absolute Gasteiger partial charge is 0.382 e. The Bertz CT molecular complexity index is 744. The monoisotopic (exact) mass is 408 g/mol. The lowest BCUT2D eigenvalue weighted by Gasteiger charge is -2.40. The van der Waals surface area contributed by atoms with Crippen LogP contribution in [0.1, 0.15) is 90.7 Å². The van der Waals surface area contributed by atoms with E-state index in [0.29, 0.717) is 11.5 Å². The van der Waals surface area contributed by atoms with Crippen LogP contribution in [0.15, 0.2) is 42.6 Å². The number of benzene rings is 1. The van der Waals surface area contributed by atoms with Crippen molar-refractivity contribution in [1.29, 1.82) is 0 Å². The second-order valence-corrected chi connectivity index (χ2v) is 10.8. The highest BCUT2D eigenvalue weighted by Crippen LogP contribution is 2.48. The van der Waals surface area contributed by atoms with E-state index in [0.717, 1.165) is 12.1 Å². The highest BCUT2D eigenvalue weighted by molar-refractivity contribution is 5.85. The second kappa shape index (κ2) is 9.73. The predicted molar refractivity (Wildman–Crippen MR) is 132 cm³/mol. The van der Waals surface area contributed by atoms with Gasteiger partial charge in [0.2, 0.25) is 0 Å². The normalized spacial score (nSPS) is 19.4. The molecule has 1 fully saturated rings. The summed E-state index contributed by atoms with van der Waals surface area (Å²) >= 11 is 0. The third-order valence-corrected chi connectivity index (χ3v) is 7.20. The lowest BCUT2D eigenvalue weighted by Crippen LogP contribution is -2.42. The van der Waals surface area contributed by atoms with Crippen molar-refractivity contribution < 1.29 is 0 Å². The van der Waals surface area contributed by atoms with Crippen molar-refractivity contribution >= 4 is 5.57 Å². The van der Waals surface area contributed by atoms with Gasteiger partial charge in [0.1, 0.15) is 0 Å². The number of likely N-dealkylation sites (tertiary alicyclic amines) is 1. The molecule has 0 aromatic heterocycles. The SMILES string of the molecule is C=C(NC(CC)CCCC)C1=CC2(CCN(CCC(C)(C)C)CC2)c2ccccc21. The van der Waals surface area contributed by atoms with Gasteiger partial charge >= 0.3 is 0 Å². The molecule has 1 spiro atoms. The van der Waals surface area contributed by atoms with Crippen LogP contribution in [-0.2, 0) is 5.41 Å². The average Bonchev–Trinajstić information content (AvgIpc) is 3.04. The second-order valence-electron chi connectivity index (χ2n) is 10.8. The number of unbranched alkanes of at least 4 members (excludes halogenated alkanes) is 1. The molecule has 2 aliphatic rings. The molecule has 1 unspecified atom stereocenters. The smallest absolute Gasteiger partial charge is 0.0346 e. The first-order chi connectivity index (χ1) is 14.3. The summed E-state index contributed by atoms with van der Waals surface area (Å²) < 4.78 is 0. The zero-order chi connectivity index (χ0) is 21.8. The number of hydrogen-bond acceptors (Lipinski definition) is 2. The fraction of sp³-hybridized carbons (Fsp3) is 0.643. The van der Waals surface area contributed by atoms with Gasteiger partial charge in [-0.15, -0.1) is 0 Å². The number of nitrogens with one attached hydrogen (secondary N) is 1. The Balaban J connectivity index is 1.74. The highest BCUT2D eigenvalue weighted by Gasteiger charge is 2.41. The van der Waals surface area contributed by atoms with Gasteiger partial charge in [-0.05, 0) is 68.3 Å². The summed E-state index contributed by atoms with van der Waals surface area (Å²) in [5.41, 5.74) is 6.02. The van der Waals surface area contributed by atoms with Crippen LogP contribution in [0.2, 0.25) is 0 Å². The first-order valence-corrected chi connectivity index (χ1v) is 12.3. The maximum atomic E-state index is 4.49. The molecule has 2 nitrogen and oxygen atoms in total. The molecule has 1 atom stereocenters. The maximum Gasteiger partial charge on any atom is 0.0346 e. The van der Waals surface area contributed by atoms with Crippen molar-refractivity contribution in [3.8, 4) is 0 Å². The van der Waals surface area contributed by atoms with Crippen molar-refractivity contribution in [2.24, 2.45) is 5.41 Å². The minimum atomic E-state index is 0.194. The zero-order valence-electron chi connectivity index (χ0n) is 20.2. The minimum Gasteiger partial charge on any atom is -0.382 e. The topological polar surface area (TPSA) is 15.3 Å². The zero-order valence-corrected chi connectivity index (χ0v) is 20.2. The van der Waals surface area contributed by atoms with Gasteiger partial charge in [0.25, 0.3) is 0 Å². The van der Waals surface area contributed by atoms with E-state index in [2.05, 4.69) is 81.8 Å². The minimum absolute atomic E-state index is 0.194. The third-order valence-electron chi connectivity index (χ3n) is 7.20. The lowest BCUT2D eigenvalue weighted by atomic mass is 9.74. The van der Waals surface area contributed by atoms with Gasteiger partial charge < -0.3 is 10.2 Å². The number of rotatable bonds is 9. The molecule has 166 valence electrons. The first-order valence-electron chi connectivity index (χ1n) is 12.3. The van der Waals surface area contributed by atoms with Crippen LogP contribution in [-0.4, -0.2) is 30.6 Å². The van der Waals surface area contributed by atoms with E-state index >= 15 is 0 Å². The summed E-state index contributed by atoms with van der Waals surface area (Å²) in [6.45, 7) is 19.7. The van der Waals surface area contributed by atoms with Gasteiger partial charge in [0, 0.05) is 22.7 Å². The number of fused-ring (bicyclic) bond motifs is 2. The Morgan fingerprint density at radius 1 is 1.17 bits per heavy atom. The number of hydrogen-bond donors (Lipinski definition) is 1. The average molecular weight is 409 g/mol. The fourth-order valence-electron chi connectivity index (χ4n) is 5.07. The van der Waals surface area contributed by atoms with E-state index in [1.54, 1.807) is 0 Å². The molecule has 1 heterocycles. The number of allylic oxidation sites excluding steroid dienone is 2. The molecule has 0 radical (unpaired) electrons. The Morgan fingerprint density at radius 2 is 1.87 bits per heavy atom. The molecule has 3 rings (SSSR count). The van der Waals surface area contributed by atoms with Crippen LogP contribution < -0.4 is 5.32 Å². The van der Waals surface area contributed by atoms with Crippen molar-refractivity contribution in [1.82, 2.24) is 10.2 Å². The summed E-state index contributed by atoms with van der Waals surface area (Å²) in [7, 11) is 0. The van der Waals surface area contributed by atoms with Crippen molar-refractivity contribution in [3.63, 3.8) is 0 Å². The molecule has 1 aliphatic carbocycles. The molecule has 0 bridgehead atoms. The molecule has 30 heavy (non-hydrogen) atoms. The van der Waals surface area contributed by atoms with Crippen LogP contribution in [0, 0.1) is 5.41 Å². The summed E-state index contributed by atoms with van der Waals surface area (Å²) in [6, 6.07) is 9.61. The van der Waals surface area contributed by atoms with Crippen molar-refractivity contribution in [2.45, 2.75) is 91.0 Å². The van der Waals surface area contributed by atoms with Crippen molar-refractivity contribution in [2.75, 3.05) is 19.6 Å². The highest BCUT2D eigenvalue weighted by atomic mass is 15.1. The Morgan fingerprint density at radius 3 is 2.50 bits per heavy atom. The molecule has 1 N–H and O–H groups in total. The van der Waals surface area contributed by atoms with E-state index in [1.165, 1.54) is 74.9 Å². The van der Waals surface area contributed by atoms with Gasteiger partial charge in [0.15, 0.2) is 0 Å². The summed E-state index contributed by atoms with van der Waals surface area (Å²) in [6.07, 6.45) is 11.2. The lowest BCUT2D eigenvalue weighted by molar-refractivity contribution is 0.163. The van der Waals surface area contributed by atoms with Crippen LogP contribution in [0.3, 0.4) is 0 Å². The molecular formula is C28H44N2. The van der Waals surface area contributed by atoms with E-state index in [-0.39, 0.29) is 5.41 Å². The summed E-state index contributed by atoms with van der Waals surface area (Å²) in [4.78, 5) is 2.68. The molecule has 0 saturated carbocycles. The Hall–Kier alpha value is -1.54. The standard InChI is InChI=1S/C28H44N2/c1-7-9-12-23(8-2)29-22(3)25-21-28(26-14-11-10-13-24(25)26)16-19-30(20-17-28)18-15-27(4,5)6/h10-11,13-14,21,23,29H,3,7-9,12,15-20H2,1-2,4-6H3. The maximum absolute atomic E-state index is 4.49. The summed E-state index contributed by atoms with van der Waals surface area (Å²) in [5, 5.41) is 3.78. The van der Waals surface area contributed by atoms with E-state index in [4.69, 9.17) is 0 Å². The summed E-state index contributed by atoms with van der Waals surface area (Å²) in [5.74, 6) is 0. The van der Waals surface area contributed by atoms with Crippen LogP contribution in [0.25, 0.3) is 5.57 Å². The van der Waals surface area contributed by atoms with Gasteiger partial charge in [0.05, 0.1) is 0 Å². The molecular weight excluding hydrogens is 364 g/mol. The fourth-order valence-corrected chi connectivity index (χ4v) is 5.07. The quantitative estimate of drug-likeness (QED) is 0.477. The number of piperidine rings is 1. The van der Waals surface area contributed by atoms with Gasteiger partial charge in [-0.3, -0.25) is 0 Å². The molecule has 2 heteroatoms.